The highest BCUT2D eigenvalue weighted by atomic mass is 16.5. The molecule has 0 atom stereocenters. The molecule has 0 radical (unpaired) electrons. The predicted molar refractivity (Wildman–Crippen MR) is 99.7 cm³/mol. The summed E-state index contributed by atoms with van der Waals surface area (Å²) >= 11 is 0. The summed E-state index contributed by atoms with van der Waals surface area (Å²) in [5.41, 5.74) is 3.68. The van der Waals surface area contributed by atoms with Crippen molar-refractivity contribution < 1.29 is 19.1 Å². The number of amides is 2. The van der Waals surface area contributed by atoms with E-state index in [1.807, 2.05) is 49.4 Å². The van der Waals surface area contributed by atoms with Crippen molar-refractivity contribution in [1.29, 1.82) is 0 Å². The number of nitrogens with zero attached hydrogens (tertiary/aromatic N) is 1. The lowest BCUT2D eigenvalue weighted by Crippen LogP contribution is -2.32. The van der Waals surface area contributed by atoms with Crippen LogP contribution < -0.4 is 15.0 Å². The maximum atomic E-state index is 12.1. The summed E-state index contributed by atoms with van der Waals surface area (Å²) < 4.78 is 10.4. The standard InChI is InChI=1S/C20H22N2O4/c1-14-3-7-17(8-4-14)26-12-19(23)21-16-6-5-15-9-10-22(18(15)11-16)20(24)13-25-2/h3-8,11H,9-10,12-13H2,1-2H3,(H,21,23). The molecule has 136 valence electrons. The lowest BCUT2D eigenvalue weighted by Gasteiger charge is -2.17. The van der Waals surface area contributed by atoms with Crippen LogP contribution in [-0.4, -0.2) is 38.7 Å². The van der Waals surface area contributed by atoms with Crippen molar-refractivity contribution in [3.05, 3.63) is 53.6 Å². The van der Waals surface area contributed by atoms with Crippen molar-refractivity contribution in [2.75, 3.05) is 37.1 Å². The first-order valence-electron chi connectivity index (χ1n) is 8.48. The van der Waals surface area contributed by atoms with Gasteiger partial charge in [0.25, 0.3) is 11.8 Å². The van der Waals surface area contributed by atoms with Crippen LogP contribution in [0.4, 0.5) is 11.4 Å². The highest BCUT2D eigenvalue weighted by molar-refractivity contribution is 5.98. The smallest absolute Gasteiger partial charge is 0.262 e. The fourth-order valence-corrected chi connectivity index (χ4v) is 2.90. The Balaban J connectivity index is 1.61. The molecule has 6 nitrogen and oxygen atoms in total. The topological polar surface area (TPSA) is 67.9 Å². The van der Waals surface area contributed by atoms with Gasteiger partial charge >= 0.3 is 0 Å². The number of hydrogen-bond acceptors (Lipinski definition) is 4. The molecule has 1 aliphatic heterocycles. The number of carbonyl (C=O) groups excluding carboxylic acids is 2. The normalized spacial score (nSPS) is 12.6. The summed E-state index contributed by atoms with van der Waals surface area (Å²) in [7, 11) is 1.50. The summed E-state index contributed by atoms with van der Waals surface area (Å²) in [4.78, 5) is 25.9. The van der Waals surface area contributed by atoms with Crippen LogP contribution in [0.2, 0.25) is 0 Å². The minimum Gasteiger partial charge on any atom is -0.484 e. The Bertz CT molecular complexity index is 802. The van der Waals surface area contributed by atoms with E-state index in [1.165, 1.54) is 7.11 Å². The van der Waals surface area contributed by atoms with Gasteiger partial charge in [-0.2, -0.15) is 0 Å². The molecule has 2 aromatic carbocycles. The van der Waals surface area contributed by atoms with E-state index >= 15 is 0 Å². The molecule has 26 heavy (non-hydrogen) atoms. The molecule has 0 spiro atoms. The first-order valence-corrected chi connectivity index (χ1v) is 8.48. The second kappa shape index (κ2) is 8.01. The van der Waals surface area contributed by atoms with Crippen LogP contribution in [0, 0.1) is 6.92 Å². The Labute approximate surface area is 152 Å². The number of nitrogens with one attached hydrogen (secondary N) is 1. The lowest BCUT2D eigenvalue weighted by atomic mass is 10.1. The molecule has 0 bridgehead atoms. The summed E-state index contributed by atoms with van der Waals surface area (Å²) in [6.45, 7) is 2.59. The van der Waals surface area contributed by atoms with E-state index in [9.17, 15) is 9.59 Å². The van der Waals surface area contributed by atoms with Gasteiger partial charge in [-0.25, -0.2) is 0 Å². The van der Waals surface area contributed by atoms with Crippen molar-refractivity contribution in [2.45, 2.75) is 13.3 Å². The highest BCUT2D eigenvalue weighted by Gasteiger charge is 2.24. The van der Waals surface area contributed by atoms with Crippen LogP contribution in [0.25, 0.3) is 0 Å². The number of carbonyl (C=O) groups is 2. The van der Waals surface area contributed by atoms with E-state index in [-0.39, 0.29) is 25.0 Å². The minimum atomic E-state index is -0.252. The maximum Gasteiger partial charge on any atom is 0.262 e. The first-order chi connectivity index (χ1) is 12.6. The monoisotopic (exact) mass is 354 g/mol. The fourth-order valence-electron chi connectivity index (χ4n) is 2.90. The van der Waals surface area contributed by atoms with Gasteiger partial charge in [-0.1, -0.05) is 23.8 Å². The van der Waals surface area contributed by atoms with Gasteiger partial charge in [0.1, 0.15) is 12.4 Å². The second-order valence-electron chi connectivity index (χ2n) is 6.22. The first kappa shape index (κ1) is 17.9. The molecule has 0 aliphatic carbocycles. The van der Waals surface area contributed by atoms with Crippen molar-refractivity contribution in [3.8, 4) is 5.75 Å². The van der Waals surface area contributed by atoms with Gasteiger partial charge in [0.2, 0.25) is 0 Å². The summed E-state index contributed by atoms with van der Waals surface area (Å²) in [6, 6.07) is 13.1. The Morgan fingerprint density at radius 2 is 1.88 bits per heavy atom. The lowest BCUT2D eigenvalue weighted by molar-refractivity contribution is -0.122. The van der Waals surface area contributed by atoms with Gasteiger partial charge in [-0.3, -0.25) is 9.59 Å². The number of rotatable bonds is 6. The predicted octanol–water partition coefficient (Wildman–Crippen LogP) is 2.55. The molecule has 1 aliphatic rings. The van der Waals surface area contributed by atoms with E-state index in [1.54, 1.807) is 4.90 Å². The fraction of sp³-hybridized carbons (Fsp3) is 0.300. The van der Waals surface area contributed by atoms with Gasteiger partial charge < -0.3 is 19.7 Å². The Kier molecular flexibility index (Phi) is 5.53. The third kappa shape index (κ3) is 4.21. The zero-order chi connectivity index (χ0) is 18.5. The zero-order valence-electron chi connectivity index (χ0n) is 15.0. The summed E-state index contributed by atoms with van der Waals surface area (Å²) in [6.07, 6.45) is 0.801. The molecular weight excluding hydrogens is 332 g/mol. The van der Waals surface area contributed by atoms with E-state index < -0.39 is 0 Å². The van der Waals surface area contributed by atoms with Crippen LogP contribution in [0.3, 0.4) is 0 Å². The molecule has 0 unspecified atom stereocenters. The Morgan fingerprint density at radius 3 is 2.62 bits per heavy atom. The van der Waals surface area contributed by atoms with Crippen molar-refractivity contribution in [2.24, 2.45) is 0 Å². The average Bonchev–Trinajstić information content (AvgIpc) is 3.05. The Hall–Kier alpha value is -2.86. The van der Waals surface area contributed by atoms with E-state index in [4.69, 9.17) is 9.47 Å². The average molecular weight is 354 g/mol. The highest BCUT2D eigenvalue weighted by Crippen LogP contribution is 2.31. The maximum absolute atomic E-state index is 12.1. The third-order valence-electron chi connectivity index (χ3n) is 4.22. The molecule has 3 rings (SSSR count). The van der Waals surface area contributed by atoms with Crippen molar-refractivity contribution in [1.82, 2.24) is 0 Å². The summed E-state index contributed by atoms with van der Waals surface area (Å²) in [5.74, 6) is 0.312. The number of anilines is 2. The van der Waals surface area contributed by atoms with Crippen LogP contribution in [-0.2, 0) is 20.7 Å². The van der Waals surface area contributed by atoms with Crippen LogP contribution in [0.15, 0.2) is 42.5 Å². The van der Waals surface area contributed by atoms with Crippen LogP contribution >= 0.6 is 0 Å². The van der Waals surface area contributed by atoms with Gasteiger partial charge in [-0.05, 0) is 43.2 Å². The molecule has 1 heterocycles. The number of methoxy groups -OCH3 is 1. The molecule has 0 aromatic heterocycles. The summed E-state index contributed by atoms with van der Waals surface area (Å²) in [5, 5.41) is 2.81. The third-order valence-corrected chi connectivity index (χ3v) is 4.22. The second-order valence-corrected chi connectivity index (χ2v) is 6.22. The Morgan fingerprint density at radius 1 is 1.12 bits per heavy atom. The SMILES string of the molecule is COCC(=O)N1CCc2ccc(NC(=O)COc3ccc(C)cc3)cc21. The van der Waals surface area contributed by atoms with Gasteiger partial charge in [0, 0.05) is 25.0 Å². The molecule has 2 amide bonds. The van der Waals surface area contributed by atoms with Gasteiger partial charge in [-0.15, -0.1) is 0 Å². The van der Waals surface area contributed by atoms with Crippen LogP contribution in [0.5, 0.6) is 5.75 Å². The molecule has 0 saturated carbocycles. The number of benzene rings is 2. The van der Waals surface area contributed by atoms with E-state index in [2.05, 4.69) is 5.32 Å². The molecule has 0 fully saturated rings. The molecule has 2 aromatic rings. The van der Waals surface area contributed by atoms with Gasteiger partial charge in [0.05, 0.1) is 0 Å². The molecule has 0 saturated heterocycles. The zero-order valence-corrected chi connectivity index (χ0v) is 15.0. The van der Waals surface area contributed by atoms with Crippen molar-refractivity contribution >= 4 is 23.2 Å². The molecule has 6 heteroatoms. The molecular formula is C20H22N2O4. The quantitative estimate of drug-likeness (QED) is 0.866. The number of hydrogen-bond donors (Lipinski definition) is 1. The van der Waals surface area contributed by atoms with E-state index in [0.717, 1.165) is 23.2 Å². The largest absolute Gasteiger partial charge is 0.484 e. The van der Waals surface area contributed by atoms with Gasteiger partial charge in [0.15, 0.2) is 6.61 Å². The van der Waals surface area contributed by atoms with E-state index in [0.29, 0.717) is 18.0 Å². The minimum absolute atomic E-state index is 0.0421. The number of fused-ring (bicyclic) bond motifs is 1. The van der Waals surface area contributed by atoms with Crippen LogP contribution in [0.1, 0.15) is 11.1 Å². The molecule has 1 N–H and O–H groups in total. The number of aryl methyl sites for hydroxylation is 1. The van der Waals surface area contributed by atoms with Crippen molar-refractivity contribution in [3.63, 3.8) is 0 Å². The number of ether oxygens (including phenoxy) is 2.